The molecule has 3 aromatic carbocycles. The van der Waals surface area contributed by atoms with Crippen molar-refractivity contribution in [1.82, 2.24) is 0 Å². The van der Waals surface area contributed by atoms with Crippen LogP contribution in [0, 0.1) is 18.2 Å². The average Bonchev–Trinajstić information content (AvgIpc) is 3.64. The van der Waals surface area contributed by atoms with Crippen LogP contribution in [-0.4, -0.2) is 47.7 Å². The molecule has 1 N–H and O–H groups in total. The quantitative estimate of drug-likeness (QED) is 0.323. The van der Waals surface area contributed by atoms with E-state index in [1.54, 1.807) is 0 Å². The largest absolute Gasteiger partial charge is 0.481 e. The van der Waals surface area contributed by atoms with Gasteiger partial charge in [-0.15, -0.1) is 6.42 Å². The maximum atomic E-state index is 14.7. The Morgan fingerprint density at radius 1 is 0.935 bits per heavy atom. The molecule has 3 aromatic rings. The van der Waals surface area contributed by atoms with Gasteiger partial charge in [-0.25, -0.2) is 14.1 Å². The molecule has 7 rings (SSSR count). The number of anilines is 2. The molecule has 0 radical (unpaired) electrons. The number of amides is 3. The van der Waals surface area contributed by atoms with Crippen LogP contribution in [-0.2, 0) is 29.6 Å². The number of rotatable bonds is 5. The maximum Gasteiger partial charge on any atom is 0.353 e. The van der Waals surface area contributed by atoms with E-state index < -0.39 is 29.2 Å². The Morgan fingerprint density at radius 3 is 2.04 bits per heavy atom. The predicted molar refractivity (Wildman–Crippen MR) is 166 cm³/mol. The Morgan fingerprint density at radius 2 is 1.52 bits per heavy atom. The van der Waals surface area contributed by atoms with E-state index in [9.17, 15) is 23.6 Å². The molecule has 0 saturated heterocycles. The molecule has 3 aliphatic heterocycles. The fraction of sp³-hybridized carbons (Fsp3) is 0.229. The van der Waals surface area contributed by atoms with Crippen LogP contribution in [0.5, 0.6) is 5.75 Å². The van der Waals surface area contributed by atoms with Crippen LogP contribution in [0.4, 0.5) is 15.8 Å². The van der Waals surface area contributed by atoms with Gasteiger partial charge in [0.15, 0.2) is 23.7 Å². The van der Waals surface area contributed by atoms with Gasteiger partial charge in [-0.2, -0.15) is 0 Å². The van der Waals surface area contributed by atoms with Crippen LogP contribution in [0.1, 0.15) is 43.2 Å². The number of imide groups is 1. The second-order valence-electron chi connectivity index (χ2n) is 11.0. The number of halogens is 1. The molecule has 46 heavy (non-hydrogen) atoms. The monoisotopic (exact) mass is 621 g/mol. The van der Waals surface area contributed by atoms with Crippen molar-refractivity contribution in [2.75, 3.05) is 23.0 Å². The molecule has 0 fully saturated rings. The van der Waals surface area contributed by atoms with Crippen molar-refractivity contribution < 1.29 is 38.2 Å². The molecule has 232 valence electrons. The number of aliphatic carboxylic acids is 1. The fourth-order valence-corrected chi connectivity index (χ4v) is 6.04. The first-order chi connectivity index (χ1) is 22.2. The third-order valence-corrected chi connectivity index (χ3v) is 8.31. The molecule has 0 aromatic heterocycles. The number of carbonyl (C=O) groups is 4. The molecule has 0 spiro atoms. The molecular weight excluding hydrogens is 593 g/mol. The molecular formula is C35H28FN3O7. The SMILES string of the molecule is C#CCN1C(=O)COc2cc(F)c(N3C(=O)C4=C(CCCC4)C3=O)cc21.O=C(O)C1=NOC(c2ccccc2)(c2ccccc2)C1. The number of fused-ring (bicyclic) bond motifs is 1. The first kappa shape index (κ1) is 30.3. The molecule has 0 unspecified atom stereocenters. The highest BCUT2D eigenvalue weighted by molar-refractivity contribution is 6.36. The van der Waals surface area contributed by atoms with Gasteiger partial charge in [-0.05, 0) is 31.7 Å². The lowest BCUT2D eigenvalue weighted by Gasteiger charge is -2.29. The van der Waals surface area contributed by atoms with Crippen molar-refractivity contribution in [2.24, 2.45) is 5.16 Å². The van der Waals surface area contributed by atoms with Gasteiger partial charge < -0.3 is 14.7 Å². The van der Waals surface area contributed by atoms with Crippen molar-refractivity contribution in [3.05, 3.63) is 101 Å². The number of oxime groups is 1. The molecule has 0 saturated carbocycles. The maximum absolute atomic E-state index is 14.7. The lowest BCUT2D eigenvalue weighted by molar-refractivity contribution is -0.129. The zero-order valence-corrected chi connectivity index (χ0v) is 24.6. The van der Waals surface area contributed by atoms with Crippen LogP contribution < -0.4 is 14.5 Å². The Kier molecular flexibility index (Phi) is 8.11. The molecule has 0 bridgehead atoms. The van der Waals surface area contributed by atoms with Crippen molar-refractivity contribution in [3.8, 4) is 18.1 Å². The smallest absolute Gasteiger partial charge is 0.353 e. The lowest BCUT2D eigenvalue weighted by atomic mass is 9.82. The van der Waals surface area contributed by atoms with Gasteiger partial charge in [0.25, 0.3) is 17.7 Å². The number of carboxylic acid groups (broad SMARTS) is 1. The van der Waals surface area contributed by atoms with E-state index >= 15 is 0 Å². The third-order valence-electron chi connectivity index (χ3n) is 8.31. The standard InChI is InChI=1S/C19H15FN2O4.C16H13NO3/c1-2-7-21-15-9-14(13(20)8-16(15)26-10-17(21)23)22-18(24)11-5-3-4-6-12(11)19(22)25;18-15(19)14-11-16(20-17-14,12-7-3-1-4-8-12)13-9-5-2-6-10-13/h1,8-9H,3-7,10H2;1-10H,11H2,(H,18,19). The second kappa shape index (κ2) is 12.3. The van der Waals surface area contributed by atoms with E-state index in [2.05, 4.69) is 11.1 Å². The number of carboxylic acids is 1. The highest BCUT2D eigenvalue weighted by atomic mass is 19.1. The van der Waals surface area contributed by atoms with E-state index in [1.807, 2.05) is 60.7 Å². The van der Waals surface area contributed by atoms with Crippen molar-refractivity contribution in [3.63, 3.8) is 0 Å². The summed E-state index contributed by atoms with van der Waals surface area (Å²) in [7, 11) is 0. The summed E-state index contributed by atoms with van der Waals surface area (Å²) in [5, 5.41) is 12.9. The summed E-state index contributed by atoms with van der Waals surface area (Å²) in [6.07, 6.45) is 8.23. The zero-order chi connectivity index (χ0) is 32.4. The van der Waals surface area contributed by atoms with Gasteiger partial charge in [0, 0.05) is 28.3 Å². The van der Waals surface area contributed by atoms with E-state index in [1.165, 1.54) is 11.0 Å². The Labute approximate surface area is 263 Å². The summed E-state index contributed by atoms with van der Waals surface area (Å²) >= 11 is 0. The van der Waals surface area contributed by atoms with E-state index in [4.69, 9.17) is 21.1 Å². The zero-order valence-electron chi connectivity index (χ0n) is 24.6. The molecule has 0 atom stereocenters. The Hall–Kier alpha value is -5.76. The third kappa shape index (κ3) is 5.28. The van der Waals surface area contributed by atoms with Gasteiger partial charge in [-0.3, -0.25) is 19.3 Å². The number of nitrogens with zero attached hydrogens (tertiary/aromatic N) is 3. The normalized spacial score (nSPS) is 18.0. The summed E-state index contributed by atoms with van der Waals surface area (Å²) in [4.78, 5) is 56.3. The molecule has 3 amide bonds. The van der Waals surface area contributed by atoms with Gasteiger partial charge in [0.2, 0.25) is 0 Å². The minimum atomic E-state index is -1.04. The van der Waals surface area contributed by atoms with Crippen LogP contribution in [0.2, 0.25) is 0 Å². The summed E-state index contributed by atoms with van der Waals surface area (Å²) in [6, 6.07) is 21.5. The summed E-state index contributed by atoms with van der Waals surface area (Å²) < 4.78 is 19.9. The molecule has 3 heterocycles. The van der Waals surface area contributed by atoms with E-state index in [0.717, 1.165) is 34.9 Å². The molecule has 11 heteroatoms. The van der Waals surface area contributed by atoms with Crippen LogP contribution in [0.15, 0.2) is 89.1 Å². The van der Waals surface area contributed by atoms with Crippen LogP contribution >= 0.6 is 0 Å². The van der Waals surface area contributed by atoms with Crippen LogP contribution in [0.3, 0.4) is 0 Å². The minimum Gasteiger partial charge on any atom is -0.481 e. The molecule has 4 aliphatic rings. The molecule has 10 nitrogen and oxygen atoms in total. The lowest BCUT2D eigenvalue weighted by Crippen LogP contribution is -2.39. The molecule has 1 aliphatic carbocycles. The predicted octanol–water partition coefficient (Wildman–Crippen LogP) is 4.72. The van der Waals surface area contributed by atoms with Gasteiger partial charge in [0.05, 0.1) is 24.3 Å². The van der Waals surface area contributed by atoms with Gasteiger partial charge >= 0.3 is 5.97 Å². The topological polar surface area (TPSA) is 126 Å². The summed E-state index contributed by atoms with van der Waals surface area (Å²) in [5.74, 6) is -0.637. The van der Waals surface area contributed by atoms with Crippen molar-refractivity contribution >= 4 is 40.8 Å². The summed E-state index contributed by atoms with van der Waals surface area (Å²) in [6.45, 7) is -0.262. The first-order valence-corrected chi connectivity index (χ1v) is 14.7. The van der Waals surface area contributed by atoms with Gasteiger partial charge in [0.1, 0.15) is 5.75 Å². The summed E-state index contributed by atoms with van der Waals surface area (Å²) in [5.41, 5.74) is 1.97. The number of benzene rings is 3. The number of hydrogen-bond donors (Lipinski definition) is 1. The average molecular weight is 622 g/mol. The van der Waals surface area contributed by atoms with Gasteiger partial charge in [-0.1, -0.05) is 71.7 Å². The Balaban J connectivity index is 0.000000167. The van der Waals surface area contributed by atoms with Crippen molar-refractivity contribution in [2.45, 2.75) is 37.7 Å². The number of carbonyl (C=O) groups excluding carboxylic acids is 3. The highest BCUT2D eigenvalue weighted by Gasteiger charge is 2.45. The first-order valence-electron chi connectivity index (χ1n) is 14.7. The van der Waals surface area contributed by atoms with E-state index in [-0.39, 0.29) is 48.3 Å². The Bertz CT molecular complexity index is 1780. The second-order valence-corrected chi connectivity index (χ2v) is 11.0. The van der Waals surface area contributed by atoms with E-state index in [0.29, 0.717) is 24.0 Å². The highest BCUT2D eigenvalue weighted by Crippen LogP contribution is 2.43. The number of hydrogen-bond acceptors (Lipinski definition) is 7. The number of ether oxygens (including phenoxy) is 1. The fourth-order valence-electron chi connectivity index (χ4n) is 6.04. The minimum absolute atomic E-state index is 0.0170. The van der Waals surface area contributed by atoms with Crippen molar-refractivity contribution in [1.29, 1.82) is 0 Å². The number of terminal acetylenes is 1. The van der Waals surface area contributed by atoms with Crippen LogP contribution in [0.25, 0.3) is 0 Å².